The Morgan fingerprint density at radius 2 is 2.39 bits per heavy atom. The van der Waals surface area contributed by atoms with Crippen molar-refractivity contribution in [2.24, 2.45) is 0 Å². The SMILES string of the molecule is Cl.O=C(COCCC1CCCCN1)c1ccco1. The van der Waals surface area contributed by atoms with Gasteiger partial charge in [0, 0.05) is 12.6 Å². The van der Waals surface area contributed by atoms with Crippen molar-refractivity contribution in [3.63, 3.8) is 0 Å². The third kappa shape index (κ3) is 4.80. The van der Waals surface area contributed by atoms with E-state index in [0.29, 0.717) is 18.4 Å². The lowest BCUT2D eigenvalue weighted by molar-refractivity contribution is 0.0710. The van der Waals surface area contributed by atoms with E-state index in [-0.39, 0.29) is 24.8 Å². The zero-order valence-corrected chi connectivity index (χ0v) is 11.2. The van der Waals surface area contributed by atoms with Crippen LogP contribution < -0.4 is 5.32 Å². The van der Waals surface area contributed by atoms with Gasteiger partial charge >= 0.3 is 0 Å². The highest BCUT2D eigenvalue weighted by molar-refractivity contribution is 5.94. The van der Waals surface area contributed by atoms with Gasteiger partial charge < -0.3 is 14.5 Å². The largest absolute Gasteiger partial charge is 0.461 e. The van der Waals surface area contributed by atoms with Crippen molar-refractivity contribution in [2.45, 2.75) is 31.7 Å². The maximum atomic E-state index is 11.5. The number of hydrogen-bond acceptors (Lipinski definition) is 4. The van der Waals surface area contributed by atoms with E-state index in [1.54, 1.807) is 12.1 Å². The topological polar surface area (TPSA) is 51.5 Å². The zero-order valence-electron chi connectivity index (χ0n) is 10.4. The minimum absolute atomic E-state index is 0. The second-order valence-corrected chi connectivity index (χ2v) is 4.39. The molecule has 1 aromatic rings. The van der Waals surface area contributed by atoms with Gasteiger partial charge in [0.2, 0.25) is 5.78 Å². The van der Waals surface area contributed by atoms with Gasteiger partial charge in [-0.25, -0.2) is 0 Å². The van der Waals surface area contributed by atoms with Gasteiger partial charge in [0.15, 0.2) is 5.76 Å². The van der Waals surface area contributed by atoms with Crippen LogP contribution in [0, 0.1) is 0 Å². The number of hydrogen-bond donors (Lipinski definition) is 1. The summed E-state index contributed by atoms with van der Waals surface area (Å²) in [4.78, 5) is 11.5. The number of Topliss-reactive ketones (excluding diaryl/α,β-unsaturated/α-hetero) is 1. The number of piperidine rings is 1. The van der Waals surface area contributed by atoms with Gasteiger partial charge in [-0.2, -0.15) is 0 Å². The lowest BCUT2D eigenvalue weighted by Gasteiger charge is -2.23. The molecule has 0 bridgehead atoms. The third-order valence-electron chi connectivity index (χ3n) is 3.05. The van der Waals surface area contributed by atoms with Crippen molar-refractivity contribution in [1.82, 2.24) is 5.32 Å². The Morgan fingerprint density at radius 3 is 3.06 bits per heavy atom. The third-order valence-corrected chi connectivity index (χ3v) is 3.05. The Hall–Kier alpha value is -0.840. The van der Waals surface area contributed by atoms with Crippen molar-refractivity contribution in [2.75, 3.05) is 19.8 Å². The standard InChI is InChI=1S/C13H19NO3.ClH/c15-12(13-5-3-8-17-13)10-16-9-6-11-4-1-2-7-14-11;/h3,5,8,11,14H,1-2,4,6-7,9-10H2;1H. The highest BCUT2D eigenvalue weighted by atomic mass is 35.5. The summed E-state index contributed by atoms with van der Waals surface area (Å²) in [6.45, 7) is 1.85. The first kappa shape index (κ1) is 15.2. The van der Waals surface area contributed by atoms with Gasteiger partial charge in [0.25, 0.3) is 0 Å². The fraction of sp³-hybridized carbons (Fsp3) is 0.615. The number of ether oxygens (including phenoxy) is 1. The molecule has 1 atom stereocenters. The first-order chi connectivity index (χ1) is 8.36. The van der Waals surface area contributed by atoms with E-state index in [2.05, 4.69) is 5.32 Å². The van der Waals surface area contributed by atoms with Gasteiger partial charge in [-0.15, -0.1) is 12.4 Å². The van der Waals surface area contributed by atoms with Gasteiger partial charge in [-0.3, -0.25) is 4.79 Å². The molecule has 1 N–H and O–H groups in total. The minimum atomic E-state index is -0.0911. The molecular formula is C13H20ClNO3. The van der Waals surface area contributed by atoms with E-state index in [1.807, 2.05) is 0 Å². The lowest BCUT2D eigenvalue weighted by Crippen LogP contribution is -2.34. The average Bonchev–Trinajstić information content (AvgIpc) is 2.89. The average molecular weight is 274 g/mol. The molecular weight excluding hydrogens is 254 g/mol. The molecule has 1 aliphatic rings. The number of furan rings is 1. The zero-order chi connectivity index (χ0) is 11.9. The van der Waals surface area contributed by atoms with Crippen LogP contribution in [0.1, 0.15) is 36.2 Å². The highest BCUT2D eigenvalue weighted by Crippen LogP contribution is 2.10. The number of carbonyl (C=O) groups excluding carboxylic acids is 1. The summed E-state index contributed by atoms with van der Waals surface area (Å²) in [6, 6.07) is 3.93. The Labute approximate surface area is 113 Å². The summed E-state index contributed by atoms with van der Waals surface area (Å²) in [6.07, 6.45) is 6.26. The maximum absolute atomic E-state index is 11.5. The van der Waals surface area contributed by atoms with Gasteiger partial charge in [-0.1, -0.05) is 6.42 Å². The van der Waals surface area contributed by atoms with Crippen LogP contribution in [0.25, 0.3) is 0 Å². The predicted octanol–water partition coefficient (Wildman–Crippen LogP) is 2.43. The van der Waals surface area contributed by atoms with Crippen LogP contribution in [0.3, 0.4) is 0 Å². The molecule has 0 saturated carbocycles. The van der Waals surface area contributed by atoms with Crippen molar-refractivity contribution >= 4 is 18.2 Å². The van der Waals surface area contributed by atoms with E-state index < -0.39 is 0 Å². The normalized spacial score (nSPS) is 19.2. The Bertz CT molecular complexity index is 334. The molecule has 0 radical (unpaired) electrons. The lowest BCUT2D eigenvalue weighted by atomic mass is 10.0. The molecule has 1 saturated heterocycles. The second-order valence-electron chi connectivity index (χ2n) is 4.39. The second kappa shape index (κ2) is 8.29. The first-order valence-electron chi connectivity index (χ1n) is 6.24. The number of ketones is 1. The number of halogens is 1. The molecule has 2 heterocycles. The van der Waals surface area contributed by atoms with Crippen LogP contribution in [-0.2, 0) is 4.74 Å². The van der Waals surface area contributed by atoms with Crippen molar-refractivity contribution in [3.8, 4) is 0 Å². The summed E-state index contributed by atoms with van der Waals surface area (Å²) >= 11 is 0. The summed E-state index contributed by atoms with van der Waals surface area (Å²) in [5.41, 5.74) is 0. The predicted molar refractivity (Wildman–Crippen MR) is 71.4 cm³/mol. The molecule has 1 fully saturated rings. The van der Waals surface area contributed by atoms with E-state index in [0.717, 1.165) is 13.0 Å². The van der Waals surface area contributed by atoms with E-state index in [4.69, 9.17) is 9.15 Å². The maximum Gasteiger partial charge on any atom is 0.223 e. The number of carbonyl (C=O) groups is 1. The van der Waals surface area contributed by atoms with Crippen LogP contribution in [0.4, 0.5) is 0 Å². The van der Waals surface area contributed by atoms with Crippen molar-refractivity contribution in [3.05, 3.63) is 24.2 Å². The molecule has 102 valence electrons. The van der Waals surface area contributed by atoms with E-state index in [9.17, 15) is 4.79 Å². The number of nitrogens with one attached hydrogen (secondary N) is 1. The first-order valence-corrected chi connectivity index (χ1v) is 6.24. The molecule has 1 aromatic heterocycles. The van der Waals surface area contributed by atoms with Crippen LogP contribution in [-0.4, -0.2) is 31.6 Å². The Morgan fingerprint density at radius 1 is 1.50 bits per heavy atom. The molecule has 2 rings (SSSR count). The van der Waals surface area contributed by atoms with Crippen LogP contribution in [0.5, 0.6) is 0 Å². The highest BCUT2D eigenvalue weighted by Gasteiger charge is 2.13. The molecule has 0 spiro atoms. The molecule has 1 aliphatic heterocycles. The monoisotopic (exact) mass is 273 g/mol. The molecule has 0 aliphatic carbocycles. The Balaban J connectivity index is 0.00000162. The summed E-state index contributed by atoms with van der Waals surface area (Å²) in [7, 11) is 0. The van der Waals surface area contributed by atoms with Crippen LogP contribution in [0.2, 0.25) is 0 Å². The number of rotatable bonds is 6. The van der Waals surface area contributed by atoms with E-state index in [1.165, 1.54) is 25.5 Å². The van der Waals surface area contributed by atoms with Crippen LogP contribution >= 0.6 is 12.4 Å². The molecule has 4 nitrogen and oxygen atoms in total. The summed E-state index contributed by atoms with van der Waals surface area (Å²) in [5.74, 6) is 0.285. The smallest absolute Gasteiger partial charge is 0.223 e. The summed E-state index contributed by atoms with van der Waals surface area (Å²) in [5, 5.41) is 3.45. The van der Waals surface area contributed by atoms with Crippen molar-refractivity contribution in [1.29, 1.82) is 0 Å². The Kier molecular flexibility index (Phi) is 7.01. The molecule has 18 heavy (non-hydrogen) atoms. The molecule has 0 aromatic carbocycles. The van der Waals surface area contributed by atoms with Crippen molar-refractivity contribution < 1.29 is 13.9 Å². The minimum Gasteiger partial charge on any atom is -0.461 e. The van der Waals surface area contributed by atoms with Gasteiger partial charge in [0.05, 0.1) is 6.26 Å². The quantitative estimate of drug-likeness (QED) is 0.639. The summed E-state index contributed by atoms with van der Waals surface area (Å²) < 4.78 is 10.4. The molecule has 5 heteroatoms. The van der Waals surface area contributed by atoms with Gasteiger partial charge in [-0.05, 0) is 37.9 Å². The fourth-order valence-corrected chi connectivity index (χ4v) is 2.07. The molecule has 0 amide bonds. The van der Waals surface area contributed by atoms with E-state index >= 15 is 0 Å². The van der Waals surface area contributed by atoms with Crippen LogP contribution in [0.15, 0.2) is 22.8 Å². The molecule has 1 unspecified atom stereocenters. The fourth-order valence-electron chi connectivity index (χ4n) is 2.07. The van der Waals surface area contributed by atoms with Gasteiger partial charge in [0.1, 0.15) is 6.61 Å².